The molecule has 2 heterocycles. The number of fused-ring (bicyclic) bond motifs is 1. The Labute approximate surface area is 143 Å². The van der Waals surface area contributed by atoms with Gasteiger partial charge < -0.3 is 5.32 Å². The zero-order valence-corrected chi connectivity index (χ0v) is 15.2. The van der Waals surface area contributed by atoms with Crippen LogP contribution in [0.5, 0.6) is 0 Å². The highest BCUT2D eigenvalue weighted by Crippen LogP contribution is 2.48. The lowest BCUT2D eigenvalue weighted by molar-refractivity contribution is 0.100. The van der Waals surface area contributed by atoms with E-state index in [-0.39, 0.29) is 11.6 Å². The van der Waals surface area contributed by atoms with E-state index < -0.39 is 17.1 Å². The molecule has 1 aromatic heterocycles. The van der Waals surface area contributed by atoms with Crippen molar-refractivity contribution >= 4 is 30.2 Å². The van der Waals surface area contributed by atoms with Crippen molar-refractivity contribution in [1.29, 1.82) is 0 Å². The Kier molecular flexibility index (Phi) is 4.50. The lowest BCUT2D eigenvalue weighted by Gasteiger charge is -2.37. The normalized spacial score (nSPS) is 20.2. The van der Waals surface area contributed by atoms with Crippen molar-refractivity contribution in [3.63, 3.8) is 0 Å². The van der Waals surface area contributed by atoms with Crippen molar-refractivity contribution in [3.8, 4) is 0 Å². The number of hydrogen-bond donors (Lipinski definition) is 1. The van der Waals surface area contributed by atoms with Gasteiger partial charge in [-0.25, -0.2) is 9.07 Å². The van der Waals surface area contributed by atoms with E-state index in [2.05, 4.69) is 34.1 Å². The topological polar surface area (TPSA) is 76.3 Å². The number of nitrogens with zero attached hydrogens (tertiary/aromatic N) is 3. The maximum Gasteiger partial charge on any atom is 0.322 e. The van der Waals surface area contributed by atoms with Crippen LogP contribution in [0.2, 0.25) is 0 Å². The Bertz CT molecular complexity index is 803. The van der Waals surface area contributed by atoms with Crippen molar-refractivity contribution in [3.05, 3.63) is 52.1 Å². The number of benzene rings is 1. The molecule has 6 nitrogen and oxygen atoms in total. The van der Waals surface area contributed by atoms with E-state index in [1.807, 2.05) is 31.2 Å². The highest BCUT2D eigenvalue weighted by atomic mass is 31.1. The number of amides is 1. The average molecular weight is 366 g/mol. The molecule has 0 saturated heterocycles. The molecular weight excluding hydrogens is 349 g/mol. The minimum absolute atomic E-state index is 0.0478. The van der Waals surface area contributed by atoms with Gasteiger partial charge in [-0.15, -0.1) is 4.91 Å². The molecule has 9 heteroatoms. The number of halogens is 1. The van der Waals surface area contributed by atoms with E-state index in [0.29, 0.717) is 12.2 Å². The van der Waals surface area contributed by atoms with Gasteiger partial charge in [0.2, 0.25) is 0 Å². The summed E-state index contributed by atoms with van der Waals surface area (Å²) in [7, 11) is 4.30. The molecule has 0 bridgehead atoms. The molecule has 24 heavy (non-hydrogen) atoms. The van der Waals surface area contributed by atoms with Crippen LogP contribution in [0.1, 0.15) is 40.0 Å². The smallest absolute Gasteiger partial charge is 0.322 e. The highest BCUT2D eigenvalue weighted by molar-refractivity contribution is 7.39. The first kappa shape index (κ1) is 17.1. The number of anilines is 1. The first-order valence-corrected chi connectivity index (χ1v) is 8.51. The molecule has 1 amide bonds. The molecule has 1 N–H and O–H groups in total. The third kappa shape index (κ3) is 3.11. The monoisotopic (exact) mass is 366 g/mol. The second-order valence-corrected chi connectivity index (χ2v) is 8.37. The molecule has 0 spiro atoms. The molecule has 4 unspecified atom stereocenters. The summed E-state index contributed by atoms with van der Waals surface area (Å²) in [6, 6.07) is 7.00. The van der Waals surface area contributed by atoms with Crippen molar-refractivity contribution in [1.82, 2.24) is 9.78 Å². The van der Waals surface area contributed by atoms with Crippen LogP contribution >= 0.6 is 18.5 Å². The second-order valence-electron chi connectivity index (χ2n) is 5.94. The lowest BCUT2D eigenvalue weighted by atomic mass is 9.96. The molecule has 4 atom stereocenters. The molecule has 0 saturated carbocycles. The molecule has 1 aromatic carbocycles. The molecule has 0 fully saturated rings. The van der Waals surface area contributed by atoms with Gasteiger partial charge in [-0.05, 0) is 18.9 Å². The van der Waals surface area contributed by atoms with Crippen LogP contribution < -0.4 is 5.32 Å². The zero-order valence-electron chi connectivity index (χ0n) is 12.9. The van der Waals surface area contributed by atoms with Crippen LogP contribution in [0.25, 0.3) is 0 Å². The number of carbonyl (C=O) groups excluding carboxylic acids is 1. The van der Waals surface area contributed by atoms with Crippen LogP contribution in [0.3, 0.4) is 0 Å². The summed E-state index contributed by atoms with van der Waals surface area (Å²) in [6.45, 7) is 1.98. The van der Waals surface area contributed by atoms with E-state index >= 15 is 0 Å². The summed E-state index contributed by atoms with van der Waals surface area (Å²) in [6.07, 6.45) is 1.68. The van der Waals surface area contributed by atoms with Gasteiger partial charge in [0, 0.05) is 5.18 Å². The van der Waals surface area contributed by atoms with Crippen LogP contribution in [0, 0.1) is 11.8 Å². The average Bonchev–Trinajstić information content (AvgIpc) is 2.96. The molecule has 1 aliphatic heterocycles. The van der Waals surface area contributed by atoms with Crippen LogP contribution in [-0.2, 0) is 0 Å². The molecule has 126 valence electrons. The van der Waals surface area contributed by atoms with Gasteiger partial charge >= 0.3 is 5.91 Å². The summed E-state index contributed by atoms with van der Waals surface area (Å²) in [5.41, 5.74) is 2.11. The van der Waals surface area contributed by atoms with Gasteiger partial charge in [0.05, 0.1) is 18.3 Å². The van der Waals surface area contributed by atoms with Crippen LogP contribution in [0.4, 0.5) is 10.2 Å². The maximum atomic E-state index is 14.7. The Morgan fingerprint density at radius 3 is 2.88 bits per heavy atom. The largest absolute Gasteiger partial charge is 0.363 e. The summed E-state index contributed by atoms with van der Waals surface area (Å²) >= 11 is 0. The molecule has 2 aromatic rings. The number of nitroso groups, excluding NO2 is 1. The second kappa shape index (κ2) is 6.30. The fraction of sp³-hybridized carbons (Fsp3) is 0.333. The fourth-order valence-electron chi connectivity index (χ4n) is 2.97. The Morgan fingerprint density at radius 1 is 1.50 bits per heavy atom. The summed E-state index contributed by atoms with van der Waals surface area (Å²) < 4.78 is 16.1. The van der Waals surface area contributed by atoms with E-state index in [1.165, 1.54) is 10.9 Å². The molecule has 0 aliphatic carbocycles. The third-order valence-corrected chi connectivity index (χ3v) is 4.90. The van der Waals surface area contributed by atoms with Gasteiger partial charge in [0.15, 0.2) is 5.15 Å². The van der Waals surface area contributed by atoms with Gasteiger partial charge in [0.1, 0.15) is 11.4 Å². The van der Waals surface area contributed by atoms with Gasteiger partial charge in [-0.1, -0.05) is 48.3 Å². The third-order valence-electron chi connectivity index (χ3n) is 4.13. The minimum Gasteiger partial charge on any atom is -0.363 e. The van der Waals surface area contributed by atoms with Crippen molar-refractivity contribution in [2.75, 3.05) is 5.32 Å². The number of carbonyl (C=O) groups is 1. The molecule has 1 aliphatic rings. The number of nitrogens with one attached hydrogen (secondary N) is 1. The van der Waals surface area contributed by atoms with E-state index in [9.17, 15) is 14.1 Å². The van der Waals surface area contributed by atoms with Crippen LogP contribution in [0.15, 0.2) is 35.6 Å². The quantitative estimate of drug-likeness (QED) is 0.666. The molecule has 0 radical (unpaired) electrons. The van der Waals surface area contributed by atoms with E-state index in [0.717, 1.165) is 11.1 Å². The summed E-state index contributed by atoms with van der Waals surface area (Å²) in [5.74, 6) is -0.612. The SMILES string of the molecule is Cc1cccc(C2CC(C(F)(P)P)n3ncc(C(=O)N=O)c3N2)c1. The zero-order chi connectivity index (χ0) is 17.5. The number of rotatable bonds is 3. The van der Waals surface area contributed by atoms with Gasteiger partial charge in [0.25, 0.3) is 0 Å². The Hall–Kier alpha value is -1.71. The number of aryl methyl sites for hydroxylation is 1. The number of aromatic nitrogens is 2. The van der Waals surface area contributed by atoms with E-state index in [4.69, 9.17) is 0 Å². The van der Waals surface area contributed by atoms with Crippen molar-refractivity contribution in [2.24, 2.45) is 5.18 Å². The van der Waals surface area contributed by atoms with Gasteiger partial charge in [-0.2, -0.15) is 5.10 Å². The van der Waals surface area contributed by atoms with Crippen LogP contribution in [-0.4, -0.2) is 20.8 Å². The maximum absolute atomic E-state index is 14.7. The lowest BCUT2D eigenvalue weighted by Crippen LogP contribution is -2.34. The number of alkyl halides is 1. The summed E-state index contributed by atoms with van der Waals surface area (Å²) in [5, 5.41) is 8.03. The predicted molar refractivity (Wildman–Crippen MR) is 96.8 cm³/mol. The first-order valence-electron chi connectivity index (χ1n) is 7.36. The van der Waals surface area contributed by atoms with Crippen molar-refractivity contribution in [2.45, 2.75) is 30.6 Å². The predicted octanol–water partition coefficient (Wildman–Crippen LogP) is 3.57. The number of hydrogen-bond acceptors (Lipinski definition) is 4. The standard InChI is InChI=1S/C15H17FN4O2P2/c1-8-3-2-4-9(5-8)11-6-12(15(16,23)24)20-13(18-11)10(7-17-20)14(21)19-22/h2-5,7,11-12,18H,6,23-24H2,1H3. The minimum atomic E-state index is -1.71. The highest BCUT2D eigenvalue weighted by Gasteiger charge is 2.40. The Balaban J connectivity index is 2.08. The van der Waals surface area contributed by atoms with Crippen molar-refractivity contribution < 1.29 is 9.18 Å². The first-order chi connectivity index (χ1) is 11.3. The summed E-state index contributed by atoms with van der Waals surface area (Å²) in [4.78, 5) is 22.3. The van der Waals surface area contributed by atoms with Gasteiger partial charge in [-0.3, -0.25) is 4.79 Å². The van der Waals surface area contributed by atoms with E-state index in [1.54, 1.807) is 0 Å². The fourth-order valence-corrected chi connectivity index (χ4v) is 3.52. The molecule has 3 rings (SSSR count). The molecular formula is C15H17FN4O2P2. The Morgan fingerprint density at radius 2 is 2.25 bits per heavy atom.